The first-order valence-corrected chi connectivity index (χ1v) is 5.61. The first-order chi connectivity index (χ1) is 7.65. The normalized spacial score (nSPS) is 27.5. The first-order valence-electron chi connectivity index (χ1n) is 5.61. The summed E-state index contributed by atoms with van der Waals surface area (Å²) in [5, 5.41) is 2.62. The minimum atomic E-state index is -0.336. The van der Waals surface area contributed by atoms with Crippen LogP contribution in [0.3, 0.4) is 0 Å². The number of piperidine rings is 1. The van der Waals surface area contributed by atoms with E-state index in [1.807, 2.05) is 0 Å². The fourth-order valence-corrected chi connectivity index (χ4v) is 2.22. The van der Waals surface area contributed by atoms with Crippen LogP contribution in [-0.2, 0) is 9.53 Å². The van der Waals surface area contributed by atoms with E-state index in [0.717, 1.165) is 32.5 Å². The van der Waals surface area contributed by atoms with E-state index in [-0.39, 0.29) is 24.0 Å². The number of rotatable bonds is 3. The monoisotopic (exact) mass is 227 g/mol. The molecule has 0 aromatic rings. The molecule has 6 heteroatoms. The average Bonchev–Trinajstić information content (AvgIpc) is 2.65. The molecule has 6 nitrogen and oxygen atoms in total. The number of ether oxygens (including phenoxy) is 1. The molecule has 3 N–H and O–H groups in total. The predicted octanol–water partition coefficient (Wildman–Crippen LogP) is -0.708. The number of primary amides is 1. The summed E-state index contributed by atoms with van der Waals surface area (Å²) in [4.78, 5) is 24.0. The molecule has 90 valence electrons. The molecule has 2 saturated heterocycles. The molecule has 0 spiro atoms. The van der Waals surface area contributed by atoms with Gasteiger partial charge in [-0.3, -0.25) is 9.69 Å². The summed E-state index contributed by atoms with van der Waals surface area (Å²) in [5.74, 6) is -0.186. The number of carbonyl (C=O) groups is 2. The number of likely N-dealkylation sites (tertiary alicyclic amines) is 1. The second-order valence-electron chi connectivity index (χ2n) is 4.39. The van der Waals surface area contributed by atoms with Gasteiger partial charge in [0.2, 0.25) is 5.91 Å². The number of hydrogen-bond donors (Lipinski definition) is 2. The zero-order chi connectivity index (χ0) is 11.5. The molecule has 2 amide bonds. The molecule has 0 aromatic carbocycles. The van der Waals surface area contributed by atoms with Crippen LogP contribution in [0.15, 0.2) is 0 Å². The van der Waals surface area contributed by atoms with Crippen molar-refractivity contribution >= 4 is 12.0 Å². The van der Waals surface area contributed by atoms with Crippen LogP contribution >= 0.6 is 0 Å². The van der Waals surface area contributed by atoms with E-state index >= 15 is 0 Å². The number of cyclic esters (lactones) is 1. The van der Waals surface area contributed by atoms with E-state index in [1.54, 1.807) is 0 Å². The molecule has 2 fully saturated rings. The van der Waals surface area contributed by atoms with E-state index in [0.29, 0.717) is 6.54 Å². The Labute approximate surface area is 94.1 Å². The van der Waals surface area contributed by atoms with E-state index < -0.39 is 0 Å². The van der Waals surface area contributed by atoms with Gasteiger partial charge in [-0.25, -0.2) is 4.79 Å². The van der Waals surface area contributed by atoms with Gasteiger partial charge in [0.15, 0.2) is 0 Å². The Kier molecular flexibility index (Phi) is 3.28. The summed E-state index contributed by atoms with van der Waals surface area (Å²) in [6.45, 7) is 3.02. The molecule has 0 unspecified atom stereocenters. The minimum Gasteiger partial charge on any atom is -0.443 e. The number of hydrogen-bond acceptors (Lipinski definition) is 4. The fraction of sp³-hybridized carbons (Fsp3) is 0.800. The summed E-state index contributed by atoms with van der Waals surface area (Å²) < 4.78 is 5.06. The maximum atomic E-state index is 11.0. The standard InChI is InChI=1S/C10H17N3O3/c11-9(14)7-1-3-13(4-2-7)6-8-5-12-10(15)16-8/h7-8H,1-6H2,(H2,11,14)(H,12,15)/t8-/m1/s1. The van der Waals surface area contributed by atoms with Gasteiger partial charge in [0.25, 0.3) is 0 Å². The molecule has 16 heavy (non-hydrogen) atoms. The Hall–Kier alpha value is -1.30. The molecular formula is C10H17N3O3. The molecule has 2 rings (SSSR count). The van der Waals surface area contributed by atoms with Crippen molar-refractivity contribution in [2.24, 2.45) is 11.7 Å². The smallest absolute Gasteiger partial charge is 0.407 e. The number of nitrogens with two attached hydrogens (primary N) is 1. The highest BCUT2D eigenvalue weighted by Gasteiger charge is 2.28. The summed E-state index contributed by atoms with van der Waals surface area (Å²) in [7, 11) is 0. The average molecular weight is 227 g/mol. The third-order valence-corrected chi connectivity index (χ3v) is 3.20. The van der Waals surface area contributed by atoms with Crippen LogP contribution in [0.1, 0.15) is 12.8 Å². The van der Waals surface area contributed by atoms with Crippen molar-refractivity contribution in [1.29, 1.82) is 0 Å². The Morgan fingerprint density at radius 3 is 2.69 bits per heavy atom. The van der Waals surface area contributed by atoms with Crippen molar-refractivity contribution < 1.29 is 14.3 Å². The summed E-state index contributed by atoms with van der Waals surface area (Å²) in [6, 6.07) is 0. The van der Waals surface area contributed by atoms with Gasteiger partial charge in [0.05, 0.1) is 6.54 Å². The van der Waals surface area contributed by atoms with Crippen molar-refractivity contribution in [2.75, 3.05) is 26.2 Å². The van der Waals surface area contributed by atoms with Gasteiger partial charge in [0, 0.05) is 12.5 Å². The van der Waals surface area contributed by atoms with E-state index in [2.05, 4.69) is 10.2 Å². The van der Waals surface area contributed by atoms with Crippen LogP contribution in [0.2, 0.25) is 0 Å². The number of carbonyl (C=O) groups excluding carboxylic acids is 2. The van der Waals surface area contributed by atoms with Gasteiger partial charge in [-0.1, -0.05) is 0 Å². The van der Waals surface area contributed by atoms with Gasteiger partial charge in [0.1, 0.15) is 6.10 Å². The molecular weight excluding hydrogens is 210 g/mol. The molecule has 0 radical (unpaired) electrons. The molecule has 2 aliphatic heterocycles. The van der Waals surface area contributed by atoms with Crippen molar-refractivity contribution in [3.05, 3.63) is 0 Å². The predicted molar refractivity (Wildman–Crippen MR) is 56.6 cm³/mol. The van der Waals surface area contributed by atoms with Gasteiger partial charge < -0.3 is 15.8 Å². The van der Waals surface area contributed by atoms with Crippen molar-refractivity contribution in [3.8, 4) is 0 Å². The van der Waals surface area contributed by atoms with Gasteiger partial charge in [-0.2, -0.15) is 0 Å². The topological polar surface area (TPSA) is 84.7 Å². The van der Waals surface area contributed by atoms with Crippen molar-refractivity contribution in [1.82, 2.24) is 10.2 Å². The molecule has 0 aromatic heterocycles. The molecule has 2 aliphatic rings. The van der Waals surface area contributed by atoms with Crippen molar-refractivity contribution in [2.45, 2.75) is 18.9 Å². The minimum absolute atomic E-state index is 0.0144. The van der Waals surface area contributed by atoms with Gasteiger partial charge >= 0.3 is 6.09 Å². The molecule has 0 bridgehead atoms. The highest BCUT2D eigenvalue weighted by molar-refractivity contribution is 5.76. The lowest BCUT2D eigenvalue weighted by molar-refractivity contribution is -0.123. The van der Waals surface area contributed by atoms with Gasteiger partial charge in [-0.05, 0) is 25.9 Å². The van der Waals surface area contributed by atoms with Crippen LogP contribution in [0.5, 0.6) is 0 Å². The SMILES string of the molecule is NC(=O)C1CCN(C[C@H]2CNC(=O)O2)CC1. The Balaban J connectivity index is 1.73. The second kappa shape index (κ2) is 4.69. The lowest BCUT2D eigenvalue weighted by Crippen LogP contribution is -2.42. The van der Waals surface area contributed by atoms with Crippen LogP contribution in [0.4, 0.5) is 4.79 Å². The third kappa shape index (κ3) is 2.63. The molecule has 2 heterocycles. The number of nitrogens with one attached hydrogen (secondary N) is 1. The first kappa shape index (κ1) is 11.2. The summed E-state index contributed by atoms with van der Waals surface area (Å²) >= 11 is 0. The Bertz CT molecular complexity index is 287. The molecule has 1 atom stereocenters. The molecule has 0 saturated carbocycles. The maximum Gasteiger partial charge on any atom is 0.407 e. The Morgan fingerprint density at radius 2 is 2.19 bits per heavy atom. The van der Waals surface area contributed by atoms with Crippen molar-refractivity contribution in [3.63, 3.8) is 0 Å². The lowest BCUT2D eigenvalue weighted by Gasteiger charge is -2.31. The zero-order valence-corrected chi connectivity index (χ0v) is 9.15. The van der Waals surface area contributed by atoms with Gasteiger partial charge in [-0.15, -0.1) is 0 Å². The van der Waals surface area contributed by atoms with E-state index in [4.69, 9.17) is 10.5 Å². The number of nitrogens with zero attached hydrogens (tertiary/aromatic N) is 1. The quantitative estimate of drug-likeness (QED) is 0.667. The highest BCUT2D eigenvalue weighted by atomic mass is 16.6. The third-order valence-electron chi connectivity index (χ3n) is 3.20. The summed E-state index contributed by atoms with van der Waals surface area (Å²) in [5.41, 5.74) is 5.26. The Morgan fingerprint density at radius 1 is 1.50 bits per heavy atom. The zero-order valence-electron chi connectivity index (χ0n) is 9.15. The van der Waals surface area contributed by atoms with E-state index in [1.165, 1.54) is 0 Å². The number of alkyl carbamates (subject to hydrolysis) is 1. The fourth-order valence-electron chi connectivity index (χ4n) is 2.22. The molecule has 0 aliphatic carbocycles. The van der Waals surface area contributed by atoms with Crippen LogP contribution in [0.25, 0.3) is 0 Å². The van der Waals surface area contributed by atoms with E-state index in [9.17, 15) is 9.59 Å². The van der Waals surface area contributed by atoms with Crippen LogP contribution in [0, 0.1) is 5.92 Å². The maximum absolute atomic E-state index is 11.0. The largest absolute Gasteiger partial charge is 0.443 e. The lowest BCUT2D eigenvalue weighted by atomic mass is 9.96. The van der Waals surface area contributed by atoms with Crippen LogP contribution < -0.4 is 11.1 Å². The second-order valence-corrected chi connectivity index (χ2v) is 4.39. The van der Waals surface area contributed by atoms with Crippen LogP contribution in [-0.4, -0.2) is 49.2 Å². The number of amides is 2. The summed E-state index contributed by atoms with van der Waals surface area (Å²) in [6.07, 6.45) is 1.22. The highest BCUT2D eigenvalue weighted by Crippen LogP contribution is 2.17.